The van der Waals surface area contributed by atoms with Crippen molar-refractivity contribution >= 4 is 8.32 Å². The van der Waals surface area contributed by atoms with Crippen LogP contribution < -0.4 is 11.4 Å². The number of nitrogens with zero attached hydrogens (tertiary/aromatic N) is 3. The first kappa shape index (κ1) is 17.7. The molecule has 3 atom stereocenters. The third-order valence-electron chi connectivity index (χ3n) is 4.30. The molecule has 1 aromatic carbocycles. The summed E-state index contributed by atoms with van der Waals surface area (Å²) in [5, 5.41) is 0. The third-order valence-corrected chi connectivity index (χ3v) is 5.38. The van der Waals surface area contributed by atoms with Gasteiger partial charge in [-0.2, -0.15) is 0 Å². The van der Waals surface area contributed by atoms with Crippen LogP contribution in [0.5, 0.6) is 0 Å². The van der Waals surface area contributed by atoms with Crippen LogP contribution in [-0.4, -0.2) is 28.4 Å². The minimum absolute atomic E-state index is 0.180. The lowest BCUT2D eigenvalue weighted by molar-refractivity contribution is 0.145. The number of allylic oxidation sites excluding steroid dienone is 1. The number of para-hydroxylation sites is 1. The van der Waals surface area contributed by atoms with Gasteiger partial charge in [-0.15, -0.1) is 0 Å². The Morgan fingerprint density at radius 2 is 1.60 bits per heavy atom. The predicted octanol–water partition coefficient (Wildman–Crippen LogP) is 2.71. The summed E-state index contributed by atoms with van der Waals surface area (Å²) in [7, 11) is -1.77. The van der Waals surface area contributed by atoms with Gasteiger partial charge in [-0.3, -0.25) is 0 Å². The molecule has 3 rings (SSSR count). The lowest BCUT2D eigenvalue weighted by Crippen LogP contribution is -2.42. The summed E-state index contributed by atoms with van der Waals surface area (Å²) in [6, 6.07) is 8.55. The number of benzene rings is 1. The van der Waals surface area contributed by atoms with Gasteiger partial charge in [-0.05, 0) is 45.6 Å². The van der Waals surface area contributed by atoms with Gasteiger partial charge in [0.25, 0.3) is 0 Å². The Morgan fingerprint density at radius 1 is 1.00 bits per heavy atom. The second kappa shape index (κ2) is 6.31. The zero-order valence-electron chi connectivity index (χ0n) is 15.3. The molecule has 0 spiro atoms. The fourth-order valence-corrected chi connectivity index (χ4v) is 4.59. The highest BCUT2D eigenvalue weighted by atomic mass is 28.4. The van der Waals surface area contributed by atoms with Crippen molar-refractivity contribution in [2.75, 3.05) is 0 Å². The van der Waals surface area contributed by atoms with Crippen LogP contribution in [0.15, 0.2) is 52.1 Å². The van der Waals surface area contributed by atoms with E-state index in [-0.39, 0.29) is 29.6 Å². The van der Waals surface area contributed by atoms with Crippen molar-refractivity contribution in [3.63, 3.8) is 0 Å². The first-order valence-corrected chi connectivity index (χ1v) is 12.0. The van der Waals surface area contributed by atoms with Gasteiger partial charge in [-0.25, -0.2) is 23.5 Å². The molecule has 0 fully saturated rings. The first-order valence-electron chi connectivity index (χ1n) is 8.58. The molecule has 1 aliphatic heterocycles. The molecule has 0 N–H and O–H groups in total. The third kappa shape index (κ3) is 3.21. The fraction of sp³-hybridized carbons (Fsp3) is 0.444. The molecular formula is C18H25N3O3Si. The summed E-state index contributed by atoms with van der Waals surface area (Å²) in [6.07, 6.45) is 3.75. The van der Waals surface area contributed by atoms with Gasteiger partial charge in [0.15, 0.2) is 8.32 Å². The monoisotopic (exact) mass is 359 g/mol. The van der Waals surface area contributed by atoms with Crippen molar-refractivity contribution in [3.05, 3.63) is 63.5 Å². The average Bonchev–Trinajstić information content (AvgIpc) is 2.79. The van der Waals surface area contributed by atoms with Gasteiger partial charge < -0.3 is 4.43 Å². The van der Waals surface area contributed by atoms with Crippen LogP contribution >= 0.6 is 0 Å². The molecule has 134 valence electrons. The van der Waals surface area contributed by atoms with Crippen LogP contribution in [0.2, 0.25) is 19.6 Å². The Kier molecular flexibility index (Phi) is 4.46. The van der Waals surface area contributed by atoms with Crippen molar-refractivity contribution in [2.45, 2.75) is 51.7 Å². The summed E-state index contributed by atoms with van der Waals surface area (Å²) < 4.78 is 10.5. The minimum Gasteiger partial charge on any atom is -0.413 e. The number of rotatable bonds is 4. The van der Waals surface area contributed by atoms with E-state index >= 15 is 0 Å². The highest BCUT2D eigenvalue weighted by Gasteiger charge is 2.32. The smallest absolute Gasteiger partial charge is 0.352 e. The maximum Gasteiger partial charge on any atom is 0.352 e. The van der Waals surface area contributed by atoms with Gasteiger partial charge in [0.1, 0.15) is 0 Å². The molecule has 0 bridgehead atoms. The van der Waals surface area contributed by atoms with Crippen molar-refractivity contribution in [1.29, 1.82) is 0 Å². The lowest BCUT2D eigenvalue weighted by atomic mass is 10.1. The Labute approximate surface area is 148 Å². The zero-order valence-corrected chi connectivity index (χ0v) is 16.3. The summed E-state index contributed by atoms with van der Waals surface area (Å²) >= 11 is 0. The van der Waals surface area contributed by atoms with E-state index in [2.05, 4.69) is 19.6 Å². The standard InChI is InChI=1S/C18H25N3O3Si/c1-13-11-12-16(14(2)24-25(3,4)5)21-18(23)19(17(22)20(13)21)15-9-7-6-8-10-15/h6-14,16H,1-5H3. The number of fused-ring (bicyclic) bond motifs is 1. The minimum atomic E-state index is -1.77. The molecular weight excluding hydrogens is 334 g/mol. The van der Waals surface area contributed by atoms with Crippen molar-refractivity contribution in [3.8, 4) is 5.69 Å². The van der Waals surface area contributed by atoms with E-state index in [1.54, 1.807) is 16.8 Å². The Balaban J connectivity index is 2.16. The number of hydrogen-bond acceptors (Lipinski definition) is 3. The molecule has 2 heterocycles. The van der Waals surface area contributed by atoms with Gasteiger partial charge in [-0.1, -0.05) is 30.4 Å². The van der Waals surface area contributed by atoms with Crippen molar-refractivity contribution < 1.29 is 4.43 Å². The Hall–Kier alpha value is -2.12. The van der Waals surface area contributed by atoms with Crippen LogP contribution in [0.1, 0.15) is 25.9 Å². The van der Waals surface area contributed by atoms with Crippen LogP contribution in [0.4, 0.5) is 0 Å². The molecule has 0 radical (unpaired) electrons. The molecule has 0 saturated carbocycles. The fourth-order valence-electron chi connectivity index (χ4n) is 3.33. The maximum atomic E-state index is 13.1. The molecule has 3 unspecified atom stereocenters. The van der Waals surface area contributed by atoms with Gasteiger partial charge in [0.2, 0.25) is 0 Å². The van der Waals surface area contributed by atoms with Crippen LogP contribution in [0, 0.1) is 0 Å². The molecule has 1 aliphatic rings. The van der Waals surface area contributed by atoms with Crippen molar-refractivity contribution in [1.82, 2.24) is 13.9 Å². The van der Waals surface area contributed by atoms with E-state index in [0.29, 0.717) is 5.69 Å². The summed E-state index contributed by atoms with van der Waals surface area (Å²) in [6.45, 7) is 10.2. The van der Waals surface area contributed by atoms with Crippen LogP contribution in [0.25, 0.3) is 5.69 Å². The highest BCUT2D eigenvalue weighted by molar-refractivity contribution is 6.69. The van der Waals surface area contributed by atoms with Crippen LogP contribution in [-0.2, 0) is 4.43 Å². The van der Waals surface area contributed by atoms with E-state index in [4.69, 9.17) is 4.43 Å². The number of hydrogen-bond donors (Lipinski definition) is 0. The molecule has 0 aliphatic carbocycles. The average molecular weight is 360 g/mol. The Morgan fingerprint density at radius 3 is 2.20 bits per heavy atom. The predicted molar refractivity (Wildman–Crippen MR) is 101 cm³/mol. The Bertz CT molecular complexity index is 902. The van der Waals surface area contributed by atoms with Crippen LogP contribution in [0.3, 0.4) is 0 Å². The van der Waals surface area contributed by atoms with Gasteiger partial charge >= 0.3 is 11.4 Å². The largest absolute Gasteiger partial charge is 0.413 e. The van der Waals surface area contributed by atoms with E-state index < -0.39 is 8.32 Å². The highest BCUT2D eigenvalue weighted by Crippen LogP contribution is 2.25. The van der Waals surface area contributed by atoms with Gasteiger partial charge in [0, 0.05) is 0 Å². The maximum absolute atomic E-state index is 13.1. The van der Waals surface area contributed by atoms with E-state index in [9.17, 15) is 9.59 Å². The van der Waals surface area contributed by atoms with Gasteiger partial charge in [0.05, 0.1) is 23.9 Å². The summed E-state index contributed by atoms with van der Waals surface area (Å²) in [5.74, 6) is 0. The van der Waals surface area contributed by atoms with E-state index in [1.807, 2.05) is 44.2 Å². The lowest BCUT2D eigenvalue weighted by Gasteiger charge is -2.32. The number of aromatic nitrogens is 3. The molecule has 0 amide bonds. The zero-order chi connectivity index (χ0) is 18.4. The molecule has 2 aromatic rings. The molecule has 25 heavy (non-hydrogen) atoms. The summed E-state index contributed by atoms with van der Waals surface area (Å²) in [4.78, 5) is 26.0. The second-order valence-corrected chi connectivity index (χ2v) is 11.9. The van der Waals surface area contributed by atoms with E-state index in [1.165, 1.54) is 9.25 Å². The molecule has 6 nitrogen and oxygen atoms in total. The summed E-state index contributed by atoms with van der Waals surface area (Å²) in [5.41, 5.74) is -0.0710. The topological polar surface area (TPSA) is 58.2 Å². The van der Waals surface area contributed by atoms with E-state index in [0.717, 1.165) is 0 Å². The quantitative estimate of drug-likeness (QED) is 0.623. The van der Waals surface area contributed by atoms with Crippen molar-refractivity contribution in [2.24, 2.45) is 0 Å². The molecule has 0 saturated heterocycles. The normalized spacial score (nSPS) is 21.2. The first-order chi connectivity index (χ1) is 11.7. The SMILES string of the molecule is CC(O[Si](C)(C)C)C1C=CC(C)n2c(=O)n(-c3ccccc3)c(=O)n21. The molecule has 1 aromatic heterocycles. The molecule has 7 heteroatoms. The second-order valence-electron chi connectivity index (χ2n) is 7.48.